The van der Waals surface area contributed by atoms with Crippen molar-refractivity contribution in [2.45, 2.75) is 25.2 Å². The highest BCUT2D eigenvalue weighted by Gasteiger charge is 2.37. The summed E-state index contributed by atoms with van der Waals surface area (Å²) in [6.07, 6.45) is -9.64. The molecule has 106 valence electrons. The third-order valence-corrected chi connectivity index (χ3v) is 2.58. The molecule has 1 unspecified atom stereocenters. The molecule has 0 spiro atoms. The number of benzene rings is 1. The van der Waals surface area contributed by atoms with Crippen LogP contribution in [0.2, 0.25) is 0 Å². The van der Waals surface area contributed by atoms with Crippen molar-refractivity contribution in [1.82, 2.24) is 0 Å². The third kappa shape index (κ3) is 3.97. The van der Waals surface area contributed by atoms with Gasteiger partial charge in [0.05, 0.1) is 11.1 Å². The van der Waals surface area contributed by atoms with Gasteiger partial charge in [-0.25, -0.2) is 0 Å². The van der Waals surface area contributed by atoms with Gasteiger partial charge in [0.15, 0.2) is 0 Å². The van der Waals surface area contributed by atoms with E-state index in [2.05, 4.69) is 11.7 Å². The Morgan fingerprint density at radius 3 is 1.74 bits per heavy atom. The molecule has 0 heterocycles. The molecule has 0 amide bonds. The zero-order valence-corrected chi connectivity index (χ0v) is 9.94. The van der Waals surface area contributed by atoms with Crippen molar-refractivity contribution < 1.29 is 26.3 Å². The van der Waals surface area contributed by atoms with Crippen LogP contribution in [-0.2, 0) is 12.4 Å². The molecule has 0 aliphatic heterocycles. The molecule has 1 nitrogen and oxygen atoms in total. The lowest BCUT2D eigenvalue weighted by molar-refractivity contribution is -0.143. The average molecular weight is 283 g/mol. The first-order chi connectivity index (χ1) is 8.55. The Hall–Kier alpha value is -1.53. The summed E-state index contributed by atoms with van der Waals surface area (Å²) in [6.45, 7) is 4.72. The third-order valence-electron chi connectivity index (χ3n) is 2.58. The quantitative estimate of drug-likeness (QED) is 0.571. The minimum atomic E-state index is -4.82. The topological polar surface area (TPSA) is 12.4 Å². The van der Waals surface area contributed by atoms with Crippen LogP contribution in [0.25, 0.3) is 0 Å². The van der Waals surface area contributed by atoms with Gasteiger partial charge in [-0.2, -0.15) is 26.3 Å². The molecule has 0 fully saturated rings. The lowest BCUT2D eigenvalue weighted by Crippen LogP contribution is -2.13. The Labute approximate surface area is 106 Å². The second kappa shape index (κ2) is 5.22. The van der Waals surface area contributed by atoms with E-state index in [9.17, 15) is 26.3 Å². The van der Waals surface area contributed by atoms with Crippen molar-refractivity contribution in [3.05, 3.63) is 34.9 Å². The summed E-state index contributed by atoms with van der Waals surface area (Å²) >= 11 is 0. The first-order valence-electron chi connectivity index (χ1n) is 5.27. The second-order valence-corrected chi connectivity index (χ2v) is 4.15. The molecule has 1 aromatic carbocycles. The predicted molar refractivity (Wildman–Crippen MR) is 59.3 cm³/mol. The first kappa shape index (κ1) is 15.5. The summed E-state index contributed by atoms with van der Waals surface area (Å²) in [4.78, 5) is 3.48. The van der Waals surface area contributed by atoms with Gasteiger partial charge in [-0.15, -0.1) is 0 Å². The van der Waals surface area contributed by atoms with Gasteiger partial charge in [-0.1, -0.05) is 6.92 Å². The van der Waals surface area contributed by atoms with Crippen molar-refractivity contribution in [2.75, 3.05) is 6.54 Å². The van der Waals surface area contributed by atoms with Crippen LogP contribution in [0, 0.1) is 0 Å². The van der Waals surface area contributed by atoms with Gasteiger partial charge in [0.1, 0.15) is 0 Å². The van der Waals surface area contributed by atoms with Crippen LogP contribution in [0.5, 0.6) is 0 Å². The number of aliphatic imine (C=N–C) groups is 1. The maximum atomic E-state index is 12.6. The standard InChI is InChI=1S/C12H11F6N/c1-7(6-19-2)8-3-9(11(13,14)15)5-10(4-8)12(16,17)18/h3-5,7H,2,6H2,1H3. The number of rotatable bonds is 3. The summed E-state index contributed by atoms with van der Waals surface area (Å²) in [7, 11) is 0. The molecule has 0 saturated heterocycles. The lowest BCUT2D eigenvalue weighted by atomic mass is 9.96. The Kier molecular flexibility index (Phi) is 4.27. The molecule has 1 atom stereocenters. The SMILES string of the molecule is C=NCC(C)c1cc(C(F)(F)F)cc(C(F)(F)F)c1. The minimum Gasteiger partial charge on any atom is -0.300 e. The number of alkyl halides is 6. The van der Waals surface area contributed by atoms with E-state index in [1.54, 1.807) is 0 Å². The van der Waals surface area contributed by atoms with Gasteiger partial charge in [0.25, 0.3) is 0 Å². The summed E-state index contributed by atoms with van der Waals surface area (Å²) in [5.41, 5.74) is -2.68. The predicted octanol–water partition coefficient (Wildman–Crippen LogP) is 4.53. The molecule has 0 saturated carbocycles. The smallest absolute Gasteiger partial charge is 0.300 e. The molecule has 0 bridgehead atoms. The lowest BCUT2D eigenvalue weighted by Gasteiger charge is -2.16. The van der Waals surface area contributed by atoms with Crippen LogP contribution in [0.3, 0.4) is 0 Å². The Bertz CT molecular complexity index is 428. The van der Waals surface area contributed by atoms with E-state index in [4.69, 9.17) is 0 Å². The first-order valence-corrected chi connectivity index (χ1v) is 5.27. The fourth-order valence-corrected chi connectivity index (χ4v) is 1.56. The molecule has 1 aromatic rings. The van der Waals surface area contributed by atoms with Crippen LogP contribution in [-0.4, -0.2) is 13.3 Å². The Morgan fingerprint density at radius 1 is 1.00 bits per heavy atom. The molecule has 1 rings (SSSR count). The van der Waals surface area contributed by atoms with Gasteiger partial charge in [-0.05, 0) is 30.5 Å². The van der Waals surface area contributed by atoms with Gasteiger partial charge in [0.2, 0.25) is 0 Å². The molecular weight excluding hydrogens is 272 g/mol. The van der Waals surface area contributed by atoms with Crippen molar-refractivity contribution >= 4 is 6.72 Å². The normalized spacial score (nSPS) is 14.3. The highest BCUT2D eigenvalue weighted by molar-refractivity contribution is 5.35. The van der Waals surface area contributed by atoms with E-state index in [0.29, 0.717) is 12.1 Å². The molecule has 19 heavy (non-hydrogen) atoms. The fourth-order valence-electron chi connectivity index (χ4n) is 1.56. The zero-order chi connectivity index (χ0) is 14.8. The highest BCUT2D eigenvalue weighted by atomic mass is 19.4. The zero-order valence-electron chi connectivity index (χ0n) is 9.94. The van der Waals surface area contributed by atoms with Crippen molar-refractivity contribution in [3.63, 3.8) is 0 Å². The van der Waals surface area contributed by atoms with E-state index in [1.807, 2.05) is 0 Å². The summed E-state index contributed by atoms with van der Waals surface area (Å²) in [6, 6.07) is 1.54. The monoisotopic (exact) mass is 283 g/mol. The van der Waals surface area contributed by atoms with E-state index >= 15 is 0 Å². The van der Waals surface area contributed by atoms with Gasteiger partial charge >= 0.3 is 12.4 Å². The Balaban J connectivity index is 3.36. The molecule has 0 aliphatic carbocycles. The second-order valence-electron chi connectivity index (χ2n) is 4.15. The molecule has 7 heteroatoms. The summed E-state index contributed by atoms with van der Waals surface area (Å²) < 4.78 is 75.5. The number of hydrogen-bond acceptors (Lipinski definition) is 1. The molecular formula is C12H11F6N. The van der Waals surface area contributed by atoms with Crippen LogP contribution in [0.4, 0.5) is 26.3 Å². The van der Waals surface area contributed by atoms with Crippen LogP contribution in [0.15, 0.2) is 23.2 Å². The summed E-state index contributed by atoms with van der Waals surface area (Å²) in [5, 5.41) is 0. The molecule has 0 N–H and O–H groups in total. The molecule has 0 aliphatic rings. The summed E-state index contributed by atoms with van der Waals surface area (Å²) in [5.74, 6) is -0.569. The molecule has 0 radical (unpaired) electrons. The highest BCUT2D eigenvalue weighted by Crippen LogP contribution is 2.37. The van der Waals surface area contributed by atoms with Crippen molar-refractivity contribution in [1.29, 1.82) is 0 Å². The fraction of sp³-hybridized carbons (Fsp3) is 0.417. The minimum absolute atomic E-state index is 0.0542. The molecule has 0 aromatic heterocycles. The number of halogens is 6. The Morgan fingerprint density at radius 2 is 1.42 bits per heavy atom. The average Bonchev–Trinajstić information content (AvgIpc) is 2.26. The van der Waals surface area contributed by atoms with Crippen LogP contribution >= 0.6 is 0 Å². The maximum Gasteiger partial charge on any atom is 0.416 e. The maximum absolute atomic E-state index is 12.6. The van der Waals surface area contributed by atoms with Crippen molar-refractivity contribution in [2.24, 2.45) is 4.99 Å². The van der Waals surface area contributed by atoms with Crippen LogP contribution < -0.4 is 0 Å². The van der Waals surface area contributed by atoms with E-state index in [0.717, 1.165) is 0 Å². The van der Waals surface area contributed by atoms with E-state index in [-0.39, 0.29) is 18.2 Å². The van der Waals surface area contributed by atoms with Crippen LogP contribution in [0.1, 0.15) is 29.5 Å². The van der Waals surface area contributed by atoms with Gasteiger partial charge in [0, 0.05) is 12.5 Å². The largest absolute Gasteiger partial charge is 0.416 e. The number of hydrogen-bond donors (Lipinski definition) is 0. The van der Waals surface area contributed by atoms with Crippen molar-refractivity contribution in [3.8, 4) is 0 Å². The van der Waals surface area contributed by atoms with Gasteiger partial charge < -0.3 is 4.99 Å². The van der Waals surface area contributed by atoms with Gasteiger partial charge in [-0.3, -0.25) is 0 Å². The van der Waals surface area contributed by atoms with E-state index in [1.165, 1.54) is 6.92 Å². The van der Waals surface area contributed by atoms with E-state index < -0.39 is 29.4 Å². The number of nitrogens with zero attached hydrogens (tertiary/aromatic N) is 1.